The van der Waals surface area contributed by atoms with Gasteiger partial charge in [0.25, 0.3) is 0 Å². The summed E-state index contributed by atoms with van der Waals surface area (Å²) in [5.74, 6) is 0.996. The normalized spacial score (nSPS) is 36.5. The lowest BCUT2D eigenvalue weighted by Crippen LogP contribution is -2.58. The molecule has 1 N–H and O–H groups in total. The maximum atomic E-state index is 11.2. The van der Waals surface area contributed by atoms with E-state index in [4.69, 9.17) is 4.74 Å². The van der Waals surface area contributed by atoms with Crippen LogP contribution >= 0.6 is 0 Å². The number of ether oxygens (including phenoxy) is 1. The molecule has 1 aromatic rings. The van der Waals surface area contributed by atoms with E-state index in [-0.39, 0.29) is 5.92 Å². The molecule has 0 bridgehead atoms. The topological polar surface area (TPSA) is 53.2 Å². The molecule has 1 heterocycles. The SMILES string of the molecule is CC1CCCCC1(O)C1(C#N)COc2ccccc2C1. The zero-order valence-corrected chi connectivity index (χ0v) is 11.9. The van der Waals surface area contributed by atoms with Gasteiger partial charge in [0.2, 0.25) is 0 Å². The van der Waals surface area contributed by atoms with Crippen molar-refractivity contribution >= 4 is 0 Å². The van der Waals surface area contributed by atoms with Crippen molar-refractivity contribution in [1.29, 1.82) is 5.26 Å². The summed E-state index contributed by atoms with van der Waals surface area (Å²) in [6.45, 7) is 2.36. The number of aliphatic hydroxyl groups is 1. The molecule has 1 aliphatic heterocycles. The summed E-state index contributed by atoms with van der Waals surface area (Å²) in [5, 5.41) is 21.1. The van der Waals surface area contributed by atoms with Gasteiger partial charge in [-0.05, 0) is 30.4 Å². The fourth-order valence-corrected chi connectivity index (χ4v) is 3.86. The molecule has 3 nitrogen and oxygen atoms in total. The van der Waals surface area contributed by atoms with Crippen LogP contribution < -0.4 is 4.74 Å². The number of fused-ring (bicyclic) bond motifs is 1. The molecule has 3 atom stereocenters. The Labute approximate surface area is 120 Å². The minimum absolute atomic E-state index is 0.143. The third-order valence-electron chi connectivity index (χ3n) is 5.24. The molecule has 0 saturated heterocycles. The van der Waals surface area contributed by atoms with Crippen molar-refractivity contribution in [3.05, 3.63) is 29.8 Å². The maximum Gasteiger partial charge on any atom is 0.124 e. The van der Waals surface area contributed by atoms with E-state index in [0.29, 0.717) is 19.4 Å². The molecule has 1 aliphatic carbocycles. The van der Waals surface area contributed by atoms with Gasteiger partial charge in [0.05, 0.1) is 11.7 Å². The van der Waals surface area contributed by atoms with Crippen molar-refractivity contribution < 1.29 is 9.84 Å². The first kappa shape index (κ1) is 13.5. The number of hydrogen-bond donors (Lipinski definition) is 1. The van der Waals surface area contributed by atoms with E-state index in [1.165, 1.54) is 0 Å². The highest BCUT2D eigenvalue weighted by Crippen LogP contribution is 2.50. The van der Waals surface area contributed by atoms with Crippen LogP contribution in [0.1, 0.15) is 38.2 Å². The lowest BCUT2D eigenvalue weighted by Gasteiger charge is -2.50. The second kappa shape index (κ2) is 4.79. The summed E-state index contributed by atoms with van der Waals surface area (Å²) in [5.41, 5.74) is -0.721. The minimum Gasteiger partial charge on any atom is -0.492 e. The van der Waals surface area contributed by atoms with Crippen LogP contribution in [0, 0.1) is 22.7 Å². The number of rotatable bonds is 1. The van der Waals surface area contributed by atoms with Gasteiger partial charge >= 0.3 is 0 Å². The van der Waals surface area contributed by atoms with Crippen LogP contribution in [-0.2, 0) is 6.42 Å². The summed E-state index contributed by atoms with van der Waals surface area (Å²) >= 11 is 0. The highest BCUT2D eigenvalue weighted by Gasteiger charge is 2.56. The van der Waals surface area contributed by atoms with Gasteiger partial charge in [-0.3, -0.25) is 0 Å². The summed E-state index contributed by atoms with van der Waals surface area (Å²) in [4.78, 5) is 0. The van der Waals surface area contributed by atoms with Crippen LogP contribution in [0.5, 0.6) is 5.75 Å². The van der Waals surface area contributed by atoms with Crippen LogP contribution in [0.15, 0.2) is 24.3 Å². The molecule has 1 aromatic carbocycles. The molecule has 2 aliphatic rings. The van der Waals surface area contributed by atoms with Crippen molar-refractivity contribution in [3.63, 3.8) is 0 Å². The van der Waals surface area contributed by atoms with E-state index < -0.39 is 11.0 Å². The van der Waals surface area contributed by atoms with Crippen molar-refractivity contribution in [1.82, 2.24) is 0 Å². The molecule has 0 aromatic heterocycles. The van der Waals surface area contributed by atoms with E-state index in [1.807, 2.05) is 24.3 Å². The monoisotopic (exact) mass is 271 g/mol. The molecule has 3 rings (SSSR count). The highest BCUT2D eigenvalue weighted by atomic mass is 16.5. The lowest BCUT2D eigenvalue weighted by molar-refractivity contribution is -0.136. The van der Waals surface area contributed by atoms with Crippen LogP contribution in [0.25, 0.3) is 0 Å². The summed E-state index contributed by atoms with van der Waals surface area (Å²) in [6.07, 6.45) is 4.41. The van der Waals surface area contributed by atoms with Crippen molar-refractivity contribution in [2.45, 2.75) is 44.6 Å². The molecule has 3 unspecified atom stereocenters. The molecular weight excluding hydrogens is 250 g/mol. The lowest BCUT2D eigenvalue weighted by atomic mass is 9.59. The van der Waals surface area contributed by atoms with Crippen molar-refractivity contribution in [2.24, 2.45) is 11.3 Å². The first-order valence-electron chi connectivity index (χ1n) is 7.46. The molecule has 0 radical (unpaired) electrons. The van der Waals surface area contributed by atoms with Gasteiger partial charge in [0.1, 0.15) is 17.8 Å². The zero-order chi connectivity index (χ0) is 14.2. The highest BCUT2D eigenvalue weighted by molar-refractivity contribution is 5.39. The second-order valence-corrected chi connectivity index (χ2v) is 6.34. The largest absolute Gasteiger partial charge is 0.492 e. The third-order valence-corrected chi connectivity index (χ3v) is 5.24. The predicted octanol–water partition coefficient (Wildman–Crippen LogP) is 3.07. The van der Waals surface area contributed by atoms with E-state index in [9.17, 15) is 10.4 Å². The smallest absolute Gasteiger partial charge is 0.124 e. The molecule has 1 fully saturated rings. The van der Waals surface area contributed by atoms with Gasteiger partial charge in [-0.1, -0.05) is 38.0 Å². The molecule has 0 spiro atoms. The average Bonchev–Trinajstić information content (AvgIpc) is 2.49. The van der Waals surface area contributed by atoms with E-state index >= 15 is 0 Å². The third kappa shape index (κ3) is 1.83. The number of para-hydroxylation sites is 1. The molecular formula is C17H21NO2. The van der Waals surface area contributed by atoms with Gasteiger partial charge in [0.15, 0.2) is 0 Å². The standard InChI is InChI=1S/C17H21NO2/c1-13-6-4-5-9-17(13,19)16(11-18)10-14-7-2-3-8-15(14)20-12-16/h2-3,7-8,13,19H,4-6,9-10,12H2,1H3. The maximum absolute atomic E-state index is 11.2. The zero-order valence-electron chi connectivity index (χ0n) is 11.9. The first-order valence-corrected chi connectivity index (χ1v) is 7.46. The quantitative estimate of drug-likeness (QED) is 0.854. The number of benzene rings is 1. The van der Waals surface area contributed by atoms with Crippen LogP contribution in [-0.4, -0.2) is 17.3 Å². The Balaban J connectivity index is 2.00. The van der Waals surface area contributed by atoms with E-state index in [1.54, 1.807) is 0 Å². The van der Waals surface area contributed by atoms with E-state index in [0.717, 1.165) is 30.6 Å². The summed E-state index contributed by atoms with van der Waals surface area (Å²) in [7, 11) is 0. The average molecular weight is 271 g/mol. The molecule has 3 heteroatoms. The Morgan fingerprint density at radius 1 is 1.35 bits per heavy atom. The molecule has 20 heavy (non-hydrogen) atoms. The fraction of sp³-hybridized carbons (Fsp3) is 0.588. The van der Waals surface area contributed by atoms with Gasteiger partial charge in [0, 0.05) is 6.42 Å². The van der Waals surface area contributed by atoms with Gasteiger partial charge in [-0.25, -0.2) is 0 Å². The molecule has 1 saturated carbocycles. The Bertz CT molecular complexity index is 550. The Kier molecular flexibility index (Phi) is 3.22. The van der Waals surface area contributed by atoms with Crippen molar-refractivity contribution in [2.75, 3.05) is 6.61 Å². The Hall–Kier alpha value is -1.53. The van der Waals surface area contributed by atoms with Gasteiger partial charge in [-0.2, -0.15) is 5.26 Å². The summed E-state index contributed by atoms with van der Waals surface area (Å²) < 4.78 is 5.81. The predicted molar refractivity (Wildman–Crippen MR) is 76.3 cm³/mol. The second-order valence-electron chi connectivity index (χ2n) is 6.34. The van der Waals surface area contributed by atoms with Crippen LogP contribution in [0.4, 0.5) is 0 Å². The Morgan fingerprint density at radius 3 is 2.90 bits per heavy atom. The van der Waals surface area contributed by atoms with Crippen LogP contribution in [0.3, 0.4) is 0 Å². The van der Waals surface area contributed by atoms with E-state index in [2.05, 4.69) is 13.0 Å². The molecule has 0 amide bonds. The van der Waals surface area contributed by atoms with Crippen molar-refractivity contribution in [3.8, 4) is 11.8 Å². The summed E-state index contributed by atoms with van der Waals surface area (Å²) in [6, 6.07) is 10.3. The van der Waals surface area contributed by atoms with Gasteiger partial charge < -0.3 is 9.84 Å². The van der Waals surface area contributed by atoms with Crippen LogP contribution in [0.2, 0.25) is 0 Å². The fourth-order valence-electron chi connectivity index (χ4n) is 3.86. The number of nitriles is 1. The minimum atomic E-state index is -0.937. The Morgan fingerprint density at radius 2 is 2.15 bits per heavy atom. The molecule has 106 valence electrons. The van der Waals surface area contributed by atoms with Gasteiger partial charge in [-0.15, -0.1) is 0 Å². The number of hydrogen-bond acceptors (Lipinski definition) is 3. The first-order chi connectivity index (χ1) is 9.61. The number of nitrogens with zero attached hydrogens (tertiary/aromatic N) is 1.